The first-order chi connectivity index (χ1) is 17.9. The molecule has 194 valence electrons. The van der Waals surface area contributed by atoms with Crippen LogP contribution >= 0.6 is 23.2 Å². The van der Waals surface area contributed by atoms with Gasteiger partial charge in [-0.05, 0) is 92.4 Å². The summed E-state index contributed by atoms with van der Waals surface area (Å²) in [5.41, 5.74) is 2.98. The third kappa shape index (κ3) is 7.38. The maximum absolute atomic E-state index is 11.3. The van der Waals surface area contributed by atoms with E-state index >= 15 is 0 Å². The highest BCUT2D eigenvalue weighted by Crippen LogP contribution is 2.32. The van der Waals surface area contributed by atoms with Crippen molar-refractivity contribution in [2.75, 3.05) is 26.7 Å². The van der Waals surface area contributed by atoms with E-state index in [1.165, 1.54) is 5.56 Å². The summed E-state index contributed by atoms with van der Waals surface area (Å²) in [6, 6.07) is 13.6. The monoisotopic (exact) mass is 538 g/mol. The van der Waals surface area contributed by atoms with Crippen molar-refractivity contribution in [3.63, 3.8) is 0 Å². The number of carboxylic acids is 1. The molecule has 0 bridgehead atoms. The number of methoxy groups -OCH3 is 1. The molecule has 0 radical (unpaired) electrons. The number of aromatic nitrogens is 1. The summed E-state index contributed by atoms with van der Waals surface area (Å²) in [7, 11) is 1.68. The standard InChI is InChI=1S/C30H32Cl2N2O3/c1-37-25-11-12-28-26(19-25)22(14-16-33-28)6-2-5-21-15-18-34(20-24(21)10-13-29(35)36)17-4-8-23-7-3-9-27(31)30(23)32/h3,7,9,11-12,14,16,19,21,24H,2,5-6,10,13,15,17-18,20H2,1H3,(H,35,36). The van der Waals surface area contributed by atoms with Gasteiger partial charge in [-0.15, -0.1) is 0 Å². The lowest BCUT2D eigenvalue weighted by molar-refractivity contribution is -0.137. The number of carboxylic acid groups (broad SMARTS) is 1. The van der Waals surface area contributed by atoms with Crippen LogP contribution in [0.15, 0.2) is 48.7 Å². The Morgan fingerprint density at radius 3 is 2.86 bits per heavy atom. The molecular formula is C30H32Cl2N2O3. The average molecular weight is 540 g/mol. The van der Waals surface area contributed by atoms with Crippen molar-refractivity contribution in [3.8, 4) is 17.6 Å². The fourth-order valence-electron chi connectivity index (χ4n) is 5.24. The van der Waals surface area contributed by atoms with Crippen molar-refractivity contribution in [1.29, 1.82) is 0 Å². The zero-order chi connectivity index (χ0) is 26.2. The maximum atomic E-state index is 11.3. The summed E-state index contributed by atoms with van der Waals surface area (Å²) in [5, 5.41) is 11.4. The van der Waals surface area contributed by atoms with Crippen molar-refractivity contribution < 1.29 is 14.6 Å². The van der Waals surface area contributed by atoms with E-state index in [2.05, 4.69) is 33.9 Å². The third-order valence-corrected chi connectivity index (χ3v) is 8.06. The Balaban J connectivity index is 1.37. The molecule has 1 aliphatic rings. The molecule has 7 heteroatoms. The van der Waals surface area contributed by atoms with Crippen molar-refractivity contribution in [1.82, 2.24) is 9.88 Å². The minimum absolute atomic E-state index is 0.202. The van der Waals surface area contributed by atoms with Gasteiger partial charge in [0.25, 0.3) is 0 Å². The molecule has 1 N–H and O–H groups in total. The predicted octanol–water partition coefficient (Wildman–Crippen LogP) is 6.73. The number of benzene rings is 2. The Labute approximate surface area is 228 Å². The summed E-state index contributed by atoms with van der Waals surface area (Å²) in [6.07, 6.45) is 6.91. The molecule has 0 saturated carbocycles. The second-order valence-corrected chi connectivity index (χ2v) is 10.4. The Kier molecular flexibility index (Phi) is 9.68. The molecule has 2 aromatic carbocycles. The molecule has 37 heavy (non-hydrogen) atoms. The summed E-state index contributed by atoms with van der Waals surface area (Å²) in [4.78, 5) is 18.1. The van der Waals surface area contributed by atoms with E-state index in [0.717, 1.165) is 61.0 Å². The average Bonchev–Trinajstić information content (AvgIpc) is 2.90. The number of rotatable bonds is 9. The van der Waals surface area contributed by atoms with Gasteiger partial charge in [-0.3, -0.25) is 14.7 Å². The Morgan fingerprint density at radius 2 is 2.05 bits per heavy atom. The number of aliphatic carboxylic acids is 1. The van der Waals surface area contributed by atoms with Gasteiger partial charge in [-0.25, -0.2) is 0 Å². The van der Waals surface area contributed by atoms with E-state index in [9.17, 15) is 9.90 Å². The van der Waals surface area contributed by atoms with E-state index < -0.39 is 5.97 Å². The number of nitrogens with zero attached hydrogens (tertiary/aromatic N) is 2. The first kappa shape index (κ1) is 27.3. The number of hydrogen-bond acceptors (Lipinski definition) is 4. The lowest BCUT2D eigenvalue weighted by Gasteiger charge is -2.38. The molecule has 2 heterocycles. The van der Waals surface area contributed by atoms with Crippen molar-refractivity contribution in [3.05, 3.63) is 69.8 Å². The minimum Gasteiger partial charge on any atom is -0.497 e. The first-order valence-electron chi connectivity index (χ1n) is 12.7. The quantitative estimate of drug-likeness (QED) is 0.306. The van der Waals surface area contributed by atoms with Crippen LogP contribution in [-0.4, -0.2) is 47.7 Å². The van der Waals surface area contributed by atoms with Crippen LogP contribution in [-0.2, 0) is 11.2 Å². The van der Waals surface area contributed by atoms with Crippen LogP contribution in [0.25, 0.3) is 10.9 Å². The minimum atomic E-state index is -0.733. The van der Waals surface area contributed by atoms with Gasteiger partial charge in [0.05, 0.1) is 29.2 Å². The van der Waals surface area contributed by atoms with E-state index in [1.807, 2.05) is 30.5 Å². The summed E-state index contributed by atoms with van der Waals surface area (Å²) in [5.74, 6) is 7.32. The van der Waals surface area contributed by atoms with Crippen LogP contribution in [0.2, 0.25) is 10.0 Å². The molecule has 1 aromatic heterocycles. The molecule has 1 aliphatic heterocycles. The Hall–Kier alpha value is -2.78. The smallest absolute Gasteiger partial charge is 0.303 e. The van der Waals surface area contributed by atoms with Crippen LogP contribution in [0.3, 0.4) is 0 Å². The summed E-state index contributed by atoms with van der Waals surface area (Å²) in [6.45, 7) is 2.46. The number of ether oxygens (including phenoxy) is 1. The van der Waals surface area contributed by atoms with Gasteiger partial charge < -0.3 is 9.84 Å². The highest BCUT2D eigenvalue weighted by Gasteiger charge is 2.29. The number of carbonyl (C=O) groups is 1. The van der Waals surface area contributed by atoms with Crippen LogP contribution in [0, 0.1) is 23.7 Å². The number of aryl methyl sites for hydroxylation is 1. The lowest BCUT2D eigenvalue weighted by Crippen LogP contribution is -2.41. The molecule has 1 fully saturated rings. The molecule has 3 aromatic rings. The van der Waals surface area contributed by atoms with E-state index in [4.69, 9.17) is 27.9 Å². The predicted molar refractivity (Wildman–Crippen MR) is 149 cm³/mol. The van der Waals surface area contributed by atoms with Gasteiger partial charge in [0.15, 0.2) is 0 Å². The second-order valence-electron chi connectivity index (χ2n) is 9.62. The molecule has 2 unspecified atom stereocenters. The van der Waals surface area contributed by atoms with Gasteiger partial charge in [-0.1, -0.05) is 41.1 Å². The van der Waals surface area contributed by atoms with Gasteiger partial charge >= 0.3 is 5.97 Å². The first-order valence-corrected chi connectivity index (χ1v) is 13.5. The summed E-state index contributed by atoms with van der Waals surface area (Å²) >= 11 is 12.3. The van der Waals surface area contributed by atoms with Gasteiger partial charge in [0, 0.05) is 30.1 Å². The van der Waals surface area contributed by atoms with Crippen LogP contribution in [0.5, 0.6) is 5.75 Å². The van der Waals surface area contributed by atoms with E-state index in [1.54, 1.807) is 13.2 Å². The maximum Gasteiger partial charge on any atom is 0.303 e. The molecule has 0 amide bonds. The second kappa shape index (κ2) is 13.1. The zero-order valence-corrected chi connectivity index (χ0v) is 22.6. The van der Waals surface area contributed by atoms with Crippen molar-refractivity contribution in [2.45, 2.75) is 38.5 Å². The van der Waals surface area contributed by atoms with Crippen molar-refractivity contribution in [2.24, 2.45) is 11.8 Å². The largest absolute Gasteiger partial charge is 0.497 e. The highest BCUT2D eigenvalue weighted by molar-refractivity contribution is 6.42. The van der Waals surface area contributed by atoms with E-state index in [0.29, 0.717) is 34.8 Å². The molecule has 5 nitrogen and oxygen atoms in total. The molecule has 2 atom stereocenters. The Bertz CT molecular complexity index is 1300. The molecule has 0 aliphatic carbocycles. The lowest BCUT2D eigenvalue weighted by atomic mass is 9.79. The van der Waals surface area contributed by atoms with E-state index in [-0.39, 0.29) is 6.42 Å². The Morgan fingerprint density at radius 1 is 1.19 bits per heavy atom. The van der Waals surface area contributed by atoms with Crippen LogP contribution in [0.1, 0.15) is 43.2 Å². The SMILES string of the molecule is COc1ccc2nccc(CCCC3CCN(CC#Cc4cccc(Cl)c4Cl)CC3CCC(=O)O)c2c1. The van der Waals surface area contributed by atoms with Gasteiger partial charge in [0.2, 0.25) is 0 Å². The fraction of sp³-hybridized carbons (Fsp3) is 0.400. The van der Waals surface area contributed by atoms with Gasteiger partial charge in [0.1, 0.15) is 5.75 Å². The van der Waals surface area contributed by atoms with Gasteiger partial charge in [-0.2, -0.15) is 0 Å². The number of fused-ring (bicyclic) bond motifs is 1. The number of piperidine rings is 1. The highest BCUT2D eigenvalue weighted by atomic mass is 35.5. The van der Waals surface area contributed by atoms with Crippen LogP contribution in [0.4, 0.5) is 0 Å². The zero-order valence-electron chi connectivity index (χ0n) is 21.1. The molecule has 0 spiro atoms. The third-order valence-electron chi connectivity index (χ3n) is 7.24. The molecule has 1 saturated heterocycles. The number of hydrogen-bond donors (Lipinski definition) is 1. The number of halogens is 2. The topological polar surface area (TPSA) is 62.7 Å². The summed E-state index contributed by atoms with van der Waals surface area (Å²) < 4.78 is 5.41. The van der Waals surface area contributed by atoms with Crippen molar-refractivity contribution >= 4 is 40.1 Å². The molecular weight excluding hydrogens is 507 g/mol. The normalized spacial score (nSPS) is 17.8. The fourth-order valence-corrected chi connectivity index (χ4v) is 5.59. The number of pyridine rings is 1. The molecule has 4 rings (SSSR count). The van der Waals surface area contributed by atoms with Crippen LogP contribution < -0.4 is 4.74 Å². The number of likely N-dealkylation sites (tertiary alicyclic amines) is 1.